The van der Waals surface area contributed by atoms with E-state index >= 15 is 0 Å². The Balaban J connectivity index is 1.51. The van der Waals surface area contributed by atoms with E-state index in [2.05, 4.69) is 5.32 Å². The summed E-state index contributed by atoms with van der Waals surface area (Å²) in [5.74, 6) is -2.02. The molecule has 1 N–H and O–H groups in total. The van der Waals surface area contributed by atoms with Gasteiger partial charge in [-0.3, -0.25) is 14.4 Å². The van der Waals surface area contributed by atoms with E-state index in [9.17, 15) is 18.8 Å². The second kappa shape index (κ2) is 9.58. The van der Waals surface area contributed by atoms with Gasteiger partial charge in [-0.1, -0.05) is 11.6 Å². The van der Waals surface area contributed by atoms with Crippen molar-refractivity contribution in [2.24, 2.45) is 5.92 Å². The van der Waals surface area contributed by atoms with Crippen molar-refractivity contribution in [1.82, 2.24) is 0 Å². The predicted molar refractivity (Wildman–Crippen MR) is 109 cm³/mol. The van der Waals surface area contributed by atoms with Crippen molar-refractivity contribution in [2.45, 2.75) is 13.3 Å². The first-order valence-corrected chi connectivity index (χ1v) is 9.70. The molecule has 0 aromatic heterocycles. The number of amides is 2. The smallest absolute Gasteiger partial charge is 0.311 e. The van der Waals surface area contributed by atoms with Crippen LogP contribution in [-0.4, -0.2) is 37.5 Å². The summed E-state index contributed by atoms with van der Waals surface area (Å²) in [6.45, 7) is 2.06. The lowest BCUT2D eigenvalue weighted by Crippen LogP contribution is -2.28. The zero-order valence-electron chi connectivity index (χ0n) is 16.2. The maximum absolute atomic E-state index is 13.2. The van der Waals surface area contributed by atoms with Gasteiger partial charge < -0.3 is 19.7 Å². The molecule has 0 saturated carbocycles. The van der Waals surface area contributed by atoms with E-state index in [1.807, 2.05) is 6.92 Å². The molecule has 0 radical (unpaired) electrons. The number of ether oxygens (including phenoxy) is 2. The van der Waals surface area contributed by atoms with Crippen LogP contribution in [0.5, 0.6) is 5.75 Å². The fourth-order valence-electron chi connectivity index (χ4n) is 3.03. The van der Waals surface area contributed by atoms with Crippen molar-refractivity contribution in [2.75, 3.05) is 30.0 Å². The highest BCUT2D eigenvalue weighted by Crippen LogP contribution is 2.27. The van der Waals surface area contributed by atoms with E-state index in [1.165, 1.54) is 17.0 Å². The van der Waals surface area contributed by atoms with E-state index in [4.69, 9.17) is 21.1 Å². The maximum atomic E-state index is 13.2. The molecule has 0 bridgehead atoms. The first-order chi connectivity index (χ1) is 14.4. The van der Waals surface area contributed by atoms with E-state index < -0.39 is 30.2 Å². The molecule has 1 saturated heterocycles. The highest BCUT2D eigenvalue weighted by molar-refractivity contribution is 6.31. The van der Waals surface area contributed by atoms with Crippen LogP contribution in [0.25, 0.3) is 0 Å². The van der Waals surface area contributed by atoms with Crippen molar-refractivity contribution in [1.29, 1.82) is 0 Å². The molecule has 1 atom stereocenters. The zero-order chi connectivity index (χ0) is 21.7. The summed E-state index contributed by atoms with van der Waals surface area (Å²) in [5.41, 5.74) is 0.935. The van der Waals surface area contributed by atoms with Crippen molar-refractivity contribution in [3.05, 3.63) is 53.3 Å². The van der Waals surface area contributed by atoms with Gasteiger partial charge in [-0.15, -0.1) is 0 Å². The van der Waals surface area contributed by atoms with Gasteiger partial charge in [0.15, 0.2) is 6.61 Å². The van der Waals surface area contributed by atoms with Crippen LogP contribution in [0.2, 0.25) is 5.02 Å². The largest absolute Gasteiger partial charge is 0.494 e. The molecule has 2 aromatic carbocycles. The second-order valence-corrected chi connectivity index (χ2v) is 7.02. The van der Waals surface area contributed by atoms with Gasteiger partial charge in [0.1, 0.15) is 11.6 Å². The summed E-state index contributed by atoms with van der Waals surface area (Å²) in [5, 5.41) is 2.32. The Morgan fingerprint density at radius 1 is 1.23 bits per heavy atom. The minimum absolute atomic E-state index is 0.00122. The number of carbonyl (C=O) groups excluding carboxylic acids is 3. The van der Waals surface area contributed by atoms with Crippen molar-refractivity contribution in [3.8, 4) is 5.75 Å². The van der Waals surface area contributed by atoms with Gasteiger partial charge in [0, 0.05) is 24.3 Å². The first kappa shape index (κ1) is 21.6. The van der Waals surface area contributed by atoms with E-state index in [-0.39, 0.29) is 29.6 Å². The molecule has 0 unspecified atom stereocenters. The van der Waals surface area contributed by atoms with Crippen LogP contribution >= 0.6 is 11.6 Å². The molecular formula is C21H20ClFN2O5. The Kier molecular flexibility index (Phi) is 6.89. The summed E-state index contributed by atoms with van der Waals surface area (Å²) < 4.78 is 23.6. The highest BCUT2D eigenvalue weighted by atomic mass is 35.5. The molecule has 158 valence electrons. The van der Waals surface area contributed by atoms with Gasteiger partial charge in [-0.25, -0.2) is 4.39 Å². The topological polar surface area (TPSA) is 84.9 Å². The average Bonchev–Trinajstić information content (AvgIpc) is 3.11. The molecule has 9 heteroatoms. The lowest BCUT2D eigenvalue weighted by atomic mass is 10.1. The van der Waals surface area contributed by atoms with E-state index in [0.717, 1.165) is 6.07 Å². The molecular weight excluding hydrogens is 415 g/mol. The Hall–Kier alpha value is -3.13. The van der Waals surface area contributed by atoms with Crippen molar-refractivity contribution >= 4 is 40.8 Å². The van der Waals surface area contributed by atoms with Gasteiger partial charge in [0.05, 0.1) is 17.5 Å². The maximum Gasteiger partial charge on any atom is 0.311 e. The Morgan fingerprint density at radius 3 is 2.63 bits per heavy atom. The van der Waals surface area contributed by atoms with Crippen LogP contribution in [-0.2, 0) is 19.1 Å². The highest BCUT2D eigenvalue weighted by Gasteiger charge is 2.36. The summed E-state index contributed by atoms with van der Waals surface area (Å²) >= 11 is 5.66. The van der Waals surface area contributed by atoms with Crippen molar-refractivity contribution in [3.63, 3.8) is 0 Å². The zero-order valence-corrected chi connectivity index (χ0v) is 16.9. The van der Waals surface area contributed by atoms with E-state index in [0.29, 0.717) is 18.0 Å². The summed E-state index contributed by atoms with van der Waals surface area (Å²) in [4.78, 5) is 38.0. The monoisotopic (exact) mass is 434 g/mol. The number of nitrogens with one attached hydrogen (secondary N) is 1. The van der Waals surface area contributed by atoms with Crippen LogP contribution in [0.4, 0.5) is 15.8 Å². The lowest BCUT2D eigenvalue weighted by molar-refractivity contribution is -0.151. The molecule has 1 fully saturated rings. The molecule has 30 heavy (non-hydrogen) atoms. The predicted octanol–water partition coefficient (Wildman–Crippen LogP) is 3.41. The molecule has 1 heterocycles. The Labute approximate surface area is 177 Å². The number of nitrogens with zero attached hydrogens (tertiary/aromatic N) is 1. The van der Waals surface area contributed by atoms with Gasteiger partial charge in [-0.2, -0.15) is 0 Å². The standard InChI is InChI=1S/C21H20ClFN2O5/c1-2-29-16-6-4-15(5-7-16)25-11-13(9-20(25)27)21(28)30-12-19(26)24-14-3-8-18(23)17(22)10-14/h3-8,10,13H,2,9,11-12H2,1H3,(H,24,26)/t13-/m0/s1. The number of hydrogen-bond acceptors (Lipinski definition) is 5. The van der Waals surface area contributed by atoms with Gasteiger partial charge in [-0.05, 0) is 49.4 Å². The molecule has 2 aromatic rings. The number of esters is 1. The molecule has 0 spiro atoms. The summed E-state index contributed by atoms with van der Waals surface area (Å²) in [6.07, 6.45) is 0.00122. The van der Waals surface area contributed by atoms with Gasteiger partial charge in [0.2, 0.25) is 5.91 Å². The van der Waals surface area contributed by atoms with E-state index in [1.54, 1.807) is 24.3 Å². The molecule has 1 aliphatic rings. The molecule has 7 nitrogen and oxygen atoms in total. The normalized spacial score (nSPS) is 15.8. The minimum atomic E-state index is -0.669. The Morgan fingerprint density at radius 2 is 1.97 bits per heavy atom. The van der Waals surface area contributed by atoms with Gasteiger partial charge >= 0.3 is 5.97 Å². The fraction of sp³-hybridized carbons (Fsp3) is 0.286. The number of rotatable bonds is 7. The molecule has 0 aliphatic carbocycles. The summed E-state index contributed by atoms with van der Waals surface area (Å²) in [7, 11) is 0. The minimum Gasteiger partial charge on any atom is -0.494 e. The van der Waals surface area contributed by atoms with Crippen LogP contribution in [0, 0.1) is 11.7 Å². The third-order valence-corrected chi connectivity index (χ3v) is 4.76. The van der Waals surface area contributed by atoms with Crippen LogP contribution in [0.1, 0.15) is 13.3 Å². The van der Waals surface area contributed by atoms with Crippen molar-refractivity contribution < 1.29 is 28.2 Å². The van der Waals surface area contributed by atoms with Crippen LogP contribution in [0.3, 0.4) is 0 Å². The average molecular weight is 435 g/mol. The number of carbonyl (C=O) groups is 3. The third kappa shape index (κ3) is 5.27. The number of halogens is 2. The first-order valence-electron chi connectivity index (χ1n) is 9.32. The number of anilines is 2. The molecule has 2 amide bonds. The number of hydrogen-bond donors (Lipinski definition) is 1. The Bertz CT molecular complexity index is 951. The van der Waals surface area contributed by atoms with Crippen LogP contribution < -0.4 is 15.0 Å². The quantitative estimate of drug-likeness (QED) is 0.675. The van der Waals surface area contributed by atoms with Gasteiger partial charge in [0.25, 0.3) is 5.91 Å². The fourth-order valence-corrected chi connectivity index (χ4v) is 3.21. The SMILES string of the molecule is CCOc1ccc(N2C[C@@H](C(=O)OCC(=O)Nc3ccc(F)c(Cl)c3)CC2=O)cc1. The third-order valence-electron chi connectivity index (χ3n) is 4.47. The second-order valence-electron chi connectivity index (χ2n) is 6.62. The molecule has 1 aliphatic heterocycles. The lowest BCUT2D eigenvalue weighted by Gasteiger charge is -2.17. The number of benzene rings is 2. The molecule has 3 rings (SSSR count). The van der Waals surface area contributed by atoms with Crippen LogP contribution in [0.15, 0.2) is 42.5 Å². The summed E-state index contributed by atoms with van der Waals surface area (Å²) in [6, 6.07) is 10.7.